The van der Waals surface area contributed by atoms with Gasteiger partial charge in [0.25, 0.3) is 0 Å². The molecular formula is C72H110N10O8. The first-order valence-electron chi connectivity index (χ1n) is 33.4. The summed E-state index contributed by atoms with van der Waals surface area (Å²) in [6.45, 7) is 12.7. The fourth-order valence-electron chi connectivity index (χ4n) is 11.6. The van der Waals surface area contributed by atoms with Crippen molar-refractivity contribution < 1.29 is 38.4 Å². The van der Waals surface area contributed by atoms with Gasteiger partial charge in [0.15, 0.2) is 0 Å². The van der Waals surface area contributed by atoms with E-state index >= 15 is 0 Å². The van der Waals surface area contributed by atoms with Crippen LogP contribution in [0.4, 0.5) is 0 Å². The number of hydrogen-bond acceptors (Lipinski definition) is 10. The summed E-state index contributed by atoms with van der Waals surface area (Å²) in [5.74, 6) is -1.87. The quantitative estimate of drug-likeness (QED) is 0.0243. The average molecular weight is 1240 g/mol. The molecular weight excluding hydrogens is 1130 g/mol. The minimum absolute atomic E-state index is 0.0177. The number of primary amides is 2. The molecule has 8 rings (SSSR count). The third-order valence-electron chi connectivity index (χ3n) is 16.9. The van der Waals surface area contributed by atoms with Gasteiger partial charge in [-0.05, 0) is 101 Å². The third kappa shape index (κ3) is 27.7. The van der Waals surface area contributed by atoms with Crippen molar-refractivity contribution in [2.45, 2.75) is 205 Å². The van der Waals surface area contributed by atoms with Crippen LogP contribution >= 0.6 is 0 Å². The van der Waals surface area contributed by atoms with Gasteiger partial charge in [-0.3, -0.25) is 38.4 Å². The van der Waals surface area contributed by atoms with Crippen molar-refractivity contribution in [3.05, 3.63) is 144 Å². The lowest BCUT2D eigenvalue weighted by Gasteiger charge is -2.35. The molecule has 0 radical (unpaired) electrons. The Balaban J connectivity index is 0.000000359. The van der Waals surface area contributed by atoms with Gasteiger partial charge in [-0.1, -0.05) is 219 Å². The van der Waals surface area contributed by atoms with E-state index in [1.54, 1.807) is 37.7 Å². The highest BCUT2D eigenvalue weighted by molar-refractivity contribution is 5.95. The molecule has 2 aliphatic carbocycles. The smallest absolute Gasteiger partial charge is 0.246 e. The highest BCUT2D eigenvalue weighted by Gasteiger charge is 2.43. The number of hydrogen-bond donors (Lipinski definition) is 8. The summed E-state index contributed by atoms with van der Waals surface area (Å²) in [4.78, 5) is 101. The van der Waals surface area contributed by atoms with Crippen molar-refractivity contribution in [3.63, 3.8) is 0 Å². The van der Waals surface area contributed by atoms with Gasteiger partial charge in [-0.15, -0.1) is 0 Å². The van der Waals surface area contributed by atoms with Crippen LogP contribution in [0.3, 0.4) is 0 Å². The predicted molar refractivity (Wildman–Crippen MR) is 361 cm³/mol. The summed E-state index contributed by atoms with van der Waals surface area (Å²) in [5, 5.41) is 17.4. The van der Waals surface area contributed by atoms with Gasteiger partial charge < -0.3 is 53.2 Å². The normalized spacial score (nSPS) is 16.5. The number of amides is 8. The van der Waals surface area contributed by atoms with Gasteiger partial charge in [-0.2, -0.15) is 0 Å². The number of carbonyl (C=O) groups excluding carboxylic acids is 8. The van der Waals surface area contributed by atoms with Crippen molar-refractivity contribution in [1.29, 1.82) is 0 Å². The molecule has 496 valence electrons. The Morgan fingerprint density at radius 2 is 1.02 bits per heavy atom. The van der Waals surface area contributed by atoms with Crippen LogP contribution < -0.4 is 43.4 Å². The summed E-state index contributed by atoms with van der Waals surface area (Å²) in [7, 11) is 3.42. The molecule has 4 aromatic carbocycles. The van der Waals surface area contributed by atoms with Gasteiger partial charge >= 0.3 is 0 Å². The number of likely N-dealkylation sites (N-methyl/N-ethyl adjacent to an activating group) is 2. The van der Waals surface area contributed by atoms with Crippen molar-refractivity contribution >= 4 is 47.8 Å². The second-order valence-electron chi connectivity index (χ2n) is 23.3. The molecule has 2 saturated carbocycles. The summed E-state index contributed by atoms with van der Waals surface area (Å²) in [6, 6.07) is 36.4. The van der Waals surface area contributed by atoms with E-state index in [0.29, 0.717) is 25.8 Å². The second kappa shape index (κ2) is 45.8. The standard InChI is InChI=1S/C32H43N5O4.C21H27NO.C10H19N3O2.C6H12.C2H6.CH3NO/c1-21(34-2)30(39)35-27(24-17-10-5-11-18-24)32(41)37-20-12-19-25(37)31(40)36-28(29(33)38)26(22-13-6-3-7-14-22)23-15-8-4-9-16-23;1-2-3-4-11-16-22-21(23)17-20(18-12-7-5-8-13-18)19-14-9-6-10-15-19;1-8(11-2)10(15)12-7-9(14)13-5-3-4-6-13;1-2-4-6-5-3-1;1-2;2-1-3/h3-4,6-9,13-16,21,24-28,34H,5,10-12,17-20H2,1-2H3,(H2,33,38)(H,35,39)(H,36,40);5-10,12-15,20H,2-4,11,16-17H2,1H3,(H,22,23);8,11H,3-7H2,1-2H3,(H,12,15);1-6H2;1-2H3;1H,(H2,2,3)/t21-,25?,27?,28?;;;;;/m0...../s1. The number of nitrogens with zero attached hydrogens (tertiary/aromatic N) is 2. The lowest BCUT2D eigenvalue weighted by Crippen LogP contribution is -2.59. The first-order chi connectivity index (χ1) is 43.7. The van der Waals surface area contributed by atoms with Gasteiger partial charge in [-0.25, -0.2) is 0 Å². The van der Waals surface area contributed by atoms with Crippen LogP contribution in [0.1, 0.15) is 197 Å². The lowest BCUT2D eigenvalue weighted by atomic mass is 9.83. The molecule has 5 atom stereocenters. The summed E-state index contributed by atoms with van der Waals surface area (Å²) in [6.07, 6.45) is 22.6. The Bertz CT molecular complexity index is 2550. The molecule has 90 heavy (non-hydrogen) atoms. The topological polar surface area (TPSA) is 267 Å². The maximum absolute atomic E-state index is 14.0. The molecule has 18 heteroatoms. The molecule has 4 unspecified atom stereocenters. The van der Waals surface area contributed by atoms with Crippen LogP contribution in [0, 0.1) is 5.92 Å². The van der Waals surface area contributed by atoms with E-state index in [0.717, 1.165) is 82.1 Å². The zero-order valence-corrected chi connectivity index (χ0v) is 55.2. The molecule has 2 heterocycles. The highest BCUT2D eigenvalue weighted by atomic mass is 16.2. The molecule has 2 aliphatic heterocycles. The van der Waals surface area contributed by atoms with Crippen LogP contribution in [0.2, 0.25) is 0 Å². The number of likely N-dealkylation sites (tertiary alicyclic amines) is 2. The first-order valence-corrected chi connectivity index (χ1v) is 33.4. The molecule has 4 fully saturated rings. The Labute approximate surface area is 538 Å². The molecule has 0 aromatic heterocycles. The average Bonchev–Trinajstić information content (AvgIpc) is 2.27. The van der Waals surface area contributed by atoms with Crippen LogP contribution in [0.5, 0.6) is 0 Å². The van der Waals surface area contributed by atoms with Crippen molar-refractivity contribution in [3.8, 4) is 0 Å². The molecule has 18 nitrogen and oxygen atoms in total. The predicted octanol–water partition coefficient (Wildman–Crippen LogP) is 9.16. The maximum Gasteiger partial charge on any atom is 0.246 e. The number of nitrogens with one attached hydrogen (secondary N) is 6. The number of rotatable bonds is 24. The van der Waals surface area contributed by atoms with E-state index in [-0.39, 0.29) is 60.4 Å². The van der Waals surface area contributed by atoms with Crippen LogP contribution in [0.15, 0.2) is 121 Å². The molecule has 2 saturated heterocycles. The number of carbonyl (C=O) groups is 8. The Kier molecular flexibility index (Phi) is 39.0. The number of nitrogens with two attached hydrogens (primary N) is 2. The van der Waals surface area contributed by atoms with Crippen LogP contribution in [-0.4, -0.2) is 135 Å². The minimum Gasteiger partial charge on any atom is -0.372 e. The minimum atomic E-state index is -1.02. The van der Waals surface area contributed by atoms with Crippen LogP contribution in [0.25, 0.3) is 0 Å². The van der Waals surface area contributed by atoms with E-state index in [1.807, 2.05) is 111 Å². The van der Waals surface area contributed by atoms with Crippen molar-refractivity contribution in [2.24, 2.45) is 17.4 Å². The Hall–Kier alpha value is -7.44. The Morgan fingerprint density at radius 1 is 0.567 bits per heavy atom. The molecule has 4 aromatic rings. The first kappa shape index (κ1) is 76.8. The fourth-order valence-corrected chi connectivity index (χ4v) is 11.6. The molecule has 0 bridgehead atoms. The fraction of sp³-hybridized carbons (Fsp3) is 0.556. The van der Waals surface area contributed by atoms with Gasteiger partial charge in [0.2, 0.25) is 47.8 Å². The van der Waals surface area contributed by atoms with E-state index in [2.05, 4.69) is 68.8 Å². The second-order valence-corrected chi connectivity index (χ2v) is 23.3. The number of unbranched alkanes of at least 4 members (excludes halogenated alkanes) is 3. The third-order valence-corrected chi connectivity index (χ3v) is 16.9. The summed E-state index contributed by atoms with van der Waals surface area (Å²) in [5.41, 5.74) is 14.2. The van der Waals surface area contributed by atoms with E-state index in [4.69, 9.17) is 10.5 Å². The maximum atomic E-state index is 14.0. The molecule has 4 aliphatic rings. The summed E-state index contributed by atoms with van der Waals surface area (Å²) >= 11 is 0. The Morgan fingerprint density at radius 3 is 1.48 bits per heavy atom. The molecule has 0 spiro atoms. The van der Waals surface area contributed by atoms with E-state index in [1.165, 1.54) is 68.9 Å². The van der Waals surface area contributed by atoms with Crippen molar-refractivity contribution in [2.75, 3.05) is 46.8 Å². The highest BCUT2D eigenvalue weighted by Crippen LogP contribution is 2.32. The monoisotopic (exact) mass is 1240 g/mol. The largest absolute Gasteiger partial charge is 0.372 e. The van der Waals surface area contributed by atoms with Gasteiger partial charge in [0.05, 0.1) is 18.6 Å². The van der Waals surface area contributed by atoms with Gasteiger partial charge in [0, 0.05) is 44.4 Å². The SMILES string of the molecule is C1CCCCC1.CC.CCCCCCNC(=O)CC(c1ccccc1)c1ccccc1.CNC(C)C(=O)NCC(=O)N1CCCC1.CN[C@@H](C)C(=O)NC(C(=O)N1CCCC1C(=O)NC(C(N)=O)C(c1ccccc1)c1ccccc1)C1CCCCC1.NC=O. The number of benzene rings is 4. The molecule has 8 amide bonds. The van der Waals surface area contributed by atoms with Gasteiger partial charge in [0.1, 0.15) is 18.1 Å². The van der Waals surface area contributed by atoms with E-state index in [9.17, 15) is 33.6 Å². The van der Waals surface area contributed by atoms with Crippen molar-refractivity contribution in [1.82, 2.24) is 41.7 Å². The van der Waals surface area contributed by atoms with Crippen LogP contribution in [-0.2, 0) is 38.4 Å². The summed E-state index contributed by atoms with van der Waals surface area (Å²) < 4.78 is 0. The zero-order chi connectivity index (χ0) is 65.9. The van der Waals surface area contributed by atoms with E-state index < -0.39 is 41.9 Å². The lowest BCUT2D eigenvalue weighted by molar-refractivity contribution is -0.143. The zero-order valence-electron chi connectivity index (χ0n) is 55.2. The molecule has 10 N–H and O–H groups in total.